The number of hydrogen-bond acceptors (Lipinski definition) is 3. The van der Waals surface area contributed by atoms with Gasteiger partial charge < -0.3 is 4.89 Å². The summed E-state index contributed by atoms with van der Waals surface area (Å²) in [7, 11) is -3.83. The van der Waals surface area contributed by atoms with Gasteiger partial charge in [-0.3, -0.25) is 9.05 Å². The predicted molar refractivity (Wildman–Crippen MR) is 69.9 cm³/mol. The van der Waals surface area contributed by atoms with E-state index in [1.807, 2.05) is 0 Å². The summed E-state index contributed by atoms with van der Waals surface area (Å²) >= 11 is 0. The van der Waals surface area contributed by atoms with Gasteiger partial charge in [0.1, 0.15) is 0 Å². The van der Waals surface area contributed by atoms with Crippen LogP contribution in [0.1, 0.15) is 53.4 Å². The van der Waals surface area contributed by atoms with E-state index < -0.39 is 7.82 Å². The van der Waals surface area contributed by atoms with Crippen LogP contribution in [0.5, 0.6) is 0 Å². The van der Waals surface area contributed by atoms with Gasteiger partial charge in [0.05, 0.1) is 13.2 Å². The third kappa shape index (κ3) is 9.78. The van der Waals surface area contributed by atoms with Crippen LogP contribution in [0.4, 0.5) is 0 Å². The van der Waals surface area contributed by atoms with Crippen LogP contribution in [-0.4, -0.2) is 18.1 Å². The quantitative estimate of drug-likeness (QED) is 0.607. The molecule has 2 atom stereocenters. The normalized spacial score (nSPS) is 18.6. The molecule has 0 rings (SSSR count). The molecule has 0 bridgehead atoms. The molecule has 0 aromatic rings. The molecule has 0 heterocycles. The van der Waals surface area contributed by atoms with Crippen molar-refractivity contribution in [3.63, 3.8) is 0 Å². The van der Waals surface area contributed by atoms with Crippen LogP contribution in [-0.2, 0) is 13.6 Å². The van der Waals surface area contributed by atoms with E-state index in [0.717, 1.165) is 25.7 Å². The maximum absolute atomic E-state index is 11.5. The molecule has 2 unspecified atom stereocenters. The summed E-state index contributed by atoms with van der Waals surface area (Å²) in [4.78, 5) is 9.40. The maximum atomic E-state index is 11.5. The predicted octanol–water partition coefficient (Wildman–Crippen LogP) is 3.99. The first-order chi connectivity index (χ1) is 7.91. The molecular formula is C12H27O4P. The van der Waals surface area contributed by atoms with Gasteiger partial charge in [0, 0.05) is 0 Å². The largest absolute Gasteiger partial charge is 0.472 e. The number of phosphoric acid groups is 1. The summed E-state index contributed by atoms with van der Waals surface area (Å²) in [5, 5.41) is 0. The van der Waals surface area contributed by atoms with E-state index in [1.165, 1.54) is 0 Å². The molecule has 0 aromatic carbocycles. The maximum Gasteiger partial charge on any atom is 0.472 e. The van der Waals surface area contributed by atoms with Crippen LogP contribution in [0.25, 0.3) is 0 Å². The fraction of sp³-hybridized carbons (Fsp3) is 1.00. The Bertz CT molecular complexity index is 213. The van der Waals surface area contributed by atoms with Crippen molar-refractivity contribution in [1.82, 2.24) is 0 Å². The van der Waals surface area contributed by atoms with Gasteiger partial charge in [-0.1, -0.05) is 40.5 Å². The van der Waals surface area contributed by atoms with Gasteiger partial charge in [0.15, 0.2) is 0 Å². The zero-order valence-electron chi connectivity index (χ0n) is 11.5. The van der Waals surface area contributed by atoms with E-state index >= 15 is 0 Å². The van der Waals surface area contributed by atoms with Crippen LogP contribution in [0, 0.1) is 11.8 Å². The fourth-order valence-corrected chi connectivity index (χ4v) is 1.93. The minimum Gasteiger partial charge on any atom is -0.302 e. The minimum absolute atomic E-state index is 0.284. The molecule has 104 valence electrons. The van der Waals surface area contributed by atoms with Crippen molar-refractivity contribution < 1.29 is 18.5 Å². The summed E-state index contributed by atoms with van der Waals surface area (Å²) in [6, 6.07) is 0. The van der Waals surface area contributed by atoms with Crippen molar-refractivity contribution in [1.29, 1.82) is 0 Å². The summed E-state index contributed by atoms with van der Waals surface area (Å²) < 4.78 is 21.3. The molecule has 0 spiro atoms. The molecule has 4 nitrogen and oxygen atoms in total. The first kappa shape index (κ1) is 17.1. The highest BCUT2D eigenvalue weighted by atomic mass is 31.2. The summed E-state index contributed by atoms with van der Waals surface area (Å²) in [6.45, 7) is 8.93. The Morgan fingerprint density at radius 1 is 1.00 bits per heavy atom. The molecule has 1 N–H and O–H groups in total. The molecule has 0 saturated carbocycles. The minimum atomic E-state index is -3.83. The van der Waals surface area contributed by atoms with Gasteiger partial charge in [-0.2, -0.15) is 0 Å². The average Bonchev–Trinajstić information content (AvgIpc) is 2.27. The Morgan fingerprint density at radius 2 is 1.35 bits per heavy atom. The molecular weight excluding hydrogens is 239 g/mol. The first-order valence-corrected chi connectivity index (χ1v) is 8.02. The second-order valence-corrected chi connectivity index (χ2v) is 6.19. The Labute approximate surface area is 105 Å². The lowest BCUT2D eigenvalue weighted by atomic mass is 10.1. The Kier molecular flexibility index (Phi) is 9.15. The molecule has 0 aliphatic carbocycles. The van der Waals surface area contributed by atoms with Crippen molar-refractivity contribution in [3.05, 3.63) is 0 Å². The molecule has 0 amide bonds. The van der Waals surface area contributed by atoms with Crippen LogP contribution < -0.4 is 0 Å². The highest BCUT2D eigenvalue weighted by molar-refractivity contribution is 7.47. The Balaban J connectivity index is 3.69. The lowest BCUT2D eigenvalue weighted by molar-refractivity contribution is 0.137. The zero-order chi connectivity index (χ0) is 13.3. The lowest BCUT2D eigenvalue weighted by Gasteiger charge is -2.15. The van der Waals surface area contributed by atoms with Crippen molar-refractivity contribution in [3.8, 4) is 0 Å². The third-order valence-corrected chi connectivity index (χ3v) is 4.14. The van der Waals surface area contributed by atoms with Crippen molar-refractivity contribution in [2.75, 3.05) is 13.2 Å². The second-order valence-electron chi connectivity index (χ2n) is 4.74. The van der Waals surface area contributed by atoms with Crippen LogP contribution >= 0.6 is 7.82 Å². The van der Waals surface area contributed by atoms with Gasteiger partial charge in [-0.15, -0.1) is 0 Å². The molecule has 17 heavy (non-hydrogen) atoms. The summed E-state index contributed by atoms with van der Waals surface area (Å²) in [5.74, 6) is 1.02. The smallest absolute Gasteiger partial charge is 0.302 e. The number of hydrogen-bond donors (Lipinski definition) is 1. The Hall–Kier alpha value is 0.110. The van der Waals surface area contributed by atoms with Gasteiger partial charge in [0.25, 0.3) is 0 Å². The molecule has 0 fully saturated rings. The lowest BCUT2D eigenvalue weighted by Crippen LogP contribution is -2.04. The van der Waals surface area contributed by atoms with Gasteiger partial charge in [0.2, 0.25) is 0 Å². The van der Waals surface area contributed by atoms with Crippen molar-refractivity contribution in [2.45, 2.75) is 53.4 Å². The average molecular weight is 266 g/mol. The SMILES string of the molecule is CCC(C)CCOP(=O)(O)OCCC(C)CC. The van der Waals surface area contributed by atoms with E-state index in [-0.39, 0.29) is 13.2 Å². The Morgan fingerprint density at radius 3 is 1.65 bits per heavy atom. The van der Waals surface area contributed by atoms with Crippen LogP contribution in [0.15, 0.2) is 0 Å². The molecule has 0 radical (unpaired) electrons. The van der Waals surface area contributed by atoms with Gasteiger partial charge in [-0.25, -0.2) is 4.57 Å². The topological polar surface area (TPSA) is 55.8 Å². The third-order valence-electron chi connectivity index (χ3n) is 3.12. The molecule has 0 aliphatic rings. The van der Waals surface area contributed by atoms with E-state index in [1.54, 1.807) is 0 Å². The standard InChI is InChI=1S/C12H27O4P/c1-5-11(3)7-9-15-17(13,14)16-10-8-12(4)6-2/h11-12H,5-10H2,1-4H3,(H,13,14). The molecule has 5 heteroatoms. The number of rotatable bonds is 10. The second kappa shape index (κ2) is 9.09. The zero-order valence-corrected chi connectivity index (χ0v) is 12.4. The summed E-state index contributed by atoms with van der Waals surface area (Å²) in [5.41, 5.74) is 0. The first-order valence-electron chi connectivity index (χ1n) is 6.53. The summed E-state index contributed by atoms with van der Waals surface area (Å²) in [6.07, 6.45) is 3.67. The molecule has 0 saturated heterocycles. The van der Waals surface area contributed by atoms with E-state index in [4.69, 9.17) is 9.05 Å². The van der Waals surface area contributed by atoms with E-state index in [9.17, 15) is 9.46 Å². The van der Waals surface area contributed by atoms with E-state index in [0.29, 0.717) is 11.8 Å². The van der Waals surface area contributed by atoms with Gasteiger partial charge >= 0.3 is 7.82 Å². The van der Waals surface area contributed by atoms with E-state index in [2.05, 4.69) is 27.7 Å². The number of phosphoric ester groups is 1. The molecule has 0 aliphatic heterocycles. The highest BCUT2D eigenvalue weighted by Crippen LogP contribution is 2.43. The van der Waals surface area contributed by atoms with Crippen molar-refractivity contribution >= 4 is 7.82 Å². The molecule has 0 aromatic heterocycles. The fourth-order valence-electron chi connectivity index (χ4n) is 1.18. The van der Waals surface area contributed by atoms with Crippen molar-refractivity contribution in [2.24, 2.45) is 11.8 Å². The monoisotopic (exact) mass is 266 g/mol. The van der Waals surface area contributed by atoms with Gasteiger partial charge in [-0.05, 0) is 24.7 Å². The van der Waals surface area contributed by atoms with Crippen LogP contribution in [0.2, 0.25) is 0 Å². The van der Waals surface area contributed by atoms with Crippen LogP contribution in [0.3, 0.4) is 0 Å². The highest BCUT2D eigenvalue weighted by Gasteiger charge is 2.20.